The monoisotopic (exact) mass is 250 g/mol. The van der Waals surface area contributed by atoms with Crippen molar-refractivity contribution in [2.75, 3.05) is 35.3 Å². The van der Waals surface area contributed by atoms with E-state index in [1.165, 1.54) is 0 Å². The highest BCUT2D eigenvalue weighted by atomic mass is 17.0. The van der Waals surface area contributed by atoms with E-state index in [0.717, 1.165) is 0 Å². The summed E-state index contributed by atoms with van der Waals surface area (Å²) in [7, 11) is 9.22. The molecule has 0 radical (unpaired) electrons. The second-order valence-electron chi connectivity index (χ2n) is 6.53. The van der Waals surface area contributed by atoms with Gasteiger partial charge in [-0.1, -0.05) is 4.84 Å². The maximum atomic E-state index is 6.03. The van der Waals surface area contributed by atoms with Crippen LogP contribution in [0.4, 0.5) is 0 Å². The molecule has 5 heteroatoms. The predicted molar refractivity (Wildman–Crippen MR) is 67.2 cm³/mol. The Labute approximate surface area is 106 Å². The number of quaternary nitrogens is 2. The van der Waals surface area contributed by atoms with E-state index in [-0.39, 0.29) is 15.1 Å². The van der Waals surface area contributed by atoms with Crippen molar-refractivity contribution in [1.82, 2.24) is 0 Å². The maximum Gasteiger partial charge on any atom is 0.281 e. The van der Waals surface area contributed by atoms with Crippen LogP contribution >= 0.6 is 0 Å². The van der Waals surface area contributed by atoms with Crippen LogP contribution in [0.2, 0.25) is 0 Å². The van der Waals surface area contributed by atoms with Gasteiger partial charge in [0.2, 0.25) is 0 Å². The zero-order chi connectivity index (χ0) is 14.1. The van der Waals surface area contributed by atoms with Crippen molar-refractivity contribution in [3.05, 3.63) is 0 Å². The van der Waals surface area contributed by atoms with Gasteiger partial charge in [-0.15, -0.1) is 0 Å². The Bertz CT molecular complexity index is 255. The van der Waals surface area contributed by atoms with Gasteiger partial charge in [0.1, 0.15) is 33.8 Å². The van der Waals surface area contributed by atoms with E-state index in [9.17, 15) is 0 Å². The predicted octanol–water partition coefficient (Wildman–Crippen LogP) is 2.10. The van der Waals surface area contributed by atoms with Crippen LogP contribution in [0.3, 0.4) is 0 Å². The van der Waals surface area contributed by atoms with Gasteiger partial charge >= 0.3 is 0 Å². The molecule has 5 nitrogen and oxygen atoms in total. The van der Waals surface area contributed by atoms with Gasteiger partial charge in [-0.05, 0) is 25.6 Å². The zero-order valence-corrected chi connectivity index (χ0v) is 13.1. The average molecular weight is 250 g/mol. The molecule has 0 atom stereocenters. The fourth-order valence-corrected chi connectivity index (χ4v) is 1.47. The SMILES string of the molecule is CO[N+](C)(C)OC(C)(C)[N+](C)(C)OC(C)(C)C. The lowest BCUT2D eigenvalue weighted by Gasteiger charge is -2.44. The first-order valence-corrected chi connectivity index (χ1v) is 5.88. The highest BCUT2D eigenvalue weighted by Gasteiger charge is 2.49. The first-order valence-electron chi connectivity index (χ1n) is 5.88. The highest BCUT2D eigenvalue weighted by Crippen LogP contribution is 2.29. The molecular weight excluding hydrogens is 220 g/mol. The molecule has 0 N–H and O–H groups in total. The fourth-order valence-electron chi connectivity index (χ4n) is 1.47. The molecule has 0 aliphatic carbocycles. The lowest BCUT2D eigenvalue weighted by atomic mass is 10.2. The first-order chi connectivity index (χ1) is 7.22. The first kappa shape index (κ1) is 16.8. The van der Waals surface area contributed by atoms with E-state index in [1.807, 2.05) is 62.8 Å². The molecule has 0 saturated heterocycles. The van der Waals surface area contributed by atoms with Crippen LogP contribution in [0, 0.1) is 0 Å². The lowest BCUT2D eigenvalue weighted by molar-refractivity contribution is -1.28. The van der Waals surface area contributed by atoms with E-state index >= 15 is 0 Å². The Balaban J connectivity index is 4.91. The molecule has 0 saturated carbocycles. The third-order valence-electron chi connectivity index (χ3n) is 2.68. The van der Waals surface area contributed by atoms with Gasteiger partial charge < -0.3 is 0 Å². The van der Waals surface area contributed by atoms with E-state index in [2.05, 4.69) is 0 Å². The van der Waals surface area contributed by atoms with Gasteiger partial charge in [-0.25, -0.2) is 0 Å². The Morgan fingerprint density at radius 3 is 1.47 bits per heavy atom. The molecule has 0 amide bonds. The number of hydrogen-bond donors (Lipinski definition) is 0. The van der Waals surface area contributed by atoms with Crippen LogP contribution in [-0.2, 0) is 14.5 Å². The van der Waals surface area contributed by atoms with Crippen LogP contribution in [0.25, 0.3) is 0 Å². The molecule has 0 heterocycles. The number of nitrogens with zero attached hydrogens (tertiary/aromatic N) is 2. The summed E-state index contributed by atoms with van der Waals surface area (Å²) in [5, 5.41) is 0. The van der Waals surface area contributed by atoms with Gasteiger partial charge in [0.15, 0.2) is 0 Å². The van der Waals surface area contributed by atoms with Crippen LogP contribution < -0.4 is 0 Å². The Hall–Kier alpha value is -0.200. The minimum absolute atomic E-state index is 0.0161. The minimum atomic E-state index is -0.549. The molecule has 0 fully saturated rings. The average Bonchev–Trinajstić information content (AvgIpc) is 1.97. The van der Waals surface area contributed by atoms with Crippen molar-refractivity contribution >= 4 is 0 Å². The molecule has 0 aliphatic heterocycles. The van der Waals surface area contributed by atoms with Crippen molar-refractivity contribution in [1.29, 1.82) is 0 Å². The molecule has 104 valence electrons. The Morgan fingerprint density at radius 1 is 0.765 bits per heavy atom. The third kappa shape index (κ3) is 5.31. The molecule has 0 bridgehead atoms. The fraction of sp³-hybridized carbons (Fsp3) is 1.00. The lowest BCUT2D eigenvalue weighted by Crippen LogP contribution is -2.63. The van der Waals surface area contributed by atoms with Gasteiger partial charge in [-0.3, -0.25) is 0 Å². The van der Waals surface area contributed by atoms with Crippen LogP contribution in [0.5, 0.6) is 0 Å². The molecule has 0 unspecified atom stereocenters. The topological polar surface area (TPSA) is 27.7 Å². The molecule has 0 aliphatic rings. The molecule has 0 aromatic heterocycles. The van der Waals surface area contributed by atoms with Crippen molar-refractivity contribution in [3.63, 3.8) is 0 Å². The summed E-state index contributed by atoms with van der Waals surface area (Å²) in [6, 6.07) is 0. The Morgan fingerprint density at radius 2 is 1.18 bits per heavy atom. The second kappa shape index (κ2) is 4.82. The van der Waals surface area contributed by atoms with E-state index in [1.54, 1.807) is 7.11 Å². The van der Waals surface area contributed by atoms with Gasteiger partial charge in [0, 0.05) is 13.8 Å². The van der Waals surface area contributed by atoms with Crippen LogP contribution in [0.1, 0.15) is 34.6 Å². The van der Waals surface area contributed by atoms with Crippen LogP contribution in [-0.4, -0.2) is 56.1 Å². The third-order valence-corrected chi connectivity index (χ3v) is 2.68. The summed E-state index contributed by atoms with van der Waals surface area (Å²) in [6.45, 7) is 10.0. The van der Waals surface area contributed by atoms with Gasteiger partial charge in [-0.2, -0.15) is 14.3 Å². The van der Waals surface area contributed by atoms with Gasteiger partial charge in [0.05, 0.1) is 7.11 Å². The van der Waals surface area contributed by atoms with Gasteiger partial charge in [0.25, 0.3) is 5.72 Å². The summed E-state index contributed by atoms with van der Waals surface area (Å²) >= 11 is 0. The molecule has 0 aromatic carbocycles. The normalized spacial score (nSPS) is 15.2. The standard InChI is InChI=1S/C12H30N2O3/c1-11(2,3)16-13(6,7)12(4,5)17-14(8,9)15-10/h1-10H3/q+2. The number of hydroxylamine groups is 7. The number of hydrogen-bond acceptors (Lipinski definition) is 3. The largest absolute Gasteiger partial charge is 0.281 e. The minimum Gasteiger partial charge on any atom is -0.195 e. The molecule has 0 rings (SSSR count). The summed E-state index contributed by atoms with van der Waals surface area (Å²) in [6.07, 6.45) is 0. The quantitative estimate of drug-likeness (QED) is 0.425. The molecule has 0 aromatic rings. The van der Waals surface area contributed by atoms with E-state index in [0.29, 0.717) is 0 Å². The summed E-state index contributed by atoms with van der Waals surface area (Å²) < 4.78 is 0.279. The summed E-state index contributed by atoms with van der Waals surface area (Å²) in [5.74, 6) is 0. The van der Waals surface area contributed by atoms with Crippen molar-refractivity contribution < 1.29 is 24.0 Å². The summed E-state index contributed by atoms with van der Waals surface area (Å²) in [5.41, 5.74) is -0.791. The highest BCUT2D eigenvalue weighted by molar-refractivity contribution is 4.57. The molecule has 17 heavy (non-hydrogen) atoms. The van der Waals surface area contributed by atoms with Crippen LogP contribution in [0.15, 0.2) is 0 Å². The van der Waals surface area contributed by atoms with Crippen molar-refractivity contribution in [3.8, 4) is 0 Å². The zero-order valence-electron chi connectivity index (χ0n) is 13.1. The Kier molecular flexibility index (Phi) is 4.76. The van der Waals surface area contributed by atoms with E-state index < -0.39 is 5.72 Å². The number of rotatable bonds is 5. The maximum absolute atomic E-state index is 6.03. The second-order valence-corrected chi connectivity index (χ2v) is 6.53. The summed E-state index contributed by atoms with van der Waals surface area (Å²) in [4.78, 5) is 17.2. The van der Waals surface area contributed by atoms with E-state index in [4.69, 9.17) is 14.5 Å². The molecular formula is C12H30N2O3+2. The van der Waals surface area contributed by atoms with Crippen molar-refractivity contribution in [2.24, 2.45) is 0 Å². The van der Waals surface area contributed by atoms with Crippen molar-refractivity contribution in [2.45, 2.75) is 45.9 Å². The smallest absolute Gasteiger partial charge is 0.195 e. The molecule has 0 spiro atoms.